The summed E-state index contributed by atoms with van der Waals surface area (Å²) in [5.41, 5.74) is 2.88. The van der Waals surface area contributed by atoms with E-state index in [0.717, 1.165) is 46.0 Å². The summed E-state index contributed by atoms with van der Waals surface area (Å²) in [5.74, 6) is 0.793. The number of nitrogens with zero attached hydrogens (tertiary/aromatic N) is 5. The summed E-state index contributed by atoms with van der Waals surface area (Å²) in [6.45, 7) is 2.26. The first-order valence-corrected chi connectivity index (χ1v) is 12.0. The number of hydrogen-bond donors (Lipinski definition) is 1. The number of anilines is 1. The zero-order chi connectivity index (χ0) is 22.8. The zero-order valence-corrected chi connectivity index (χ0v) is 19.1. The van der Waals surface area contributed by atoms with Crippen molar-refractivity contribution in [3.05, 3.63) is 60.8 Å². The molecule has 1 atom stereocenters. The summed E-state index contributed by atoms with van der Waals surface area (Å²) in [6.07, 6.45) is 4.43. The third kappa shape index (κ3) is 4.24. The molecule has 1 aliphatic rings. The van der Waals surface area contributed by atoms with Crippen LogP contribution in [-0.4, -0.2) is 37.5 Å². The number of para-hydroxylation sites is 2. The number of amides is 1. The van der Waals surface area contributed by atoms with Crippen LogP contribution in [0.3, 0.4) is 0 Å². The average Bonchev–Trinajstić information content (AvgIpc) is 3.46. The Bertz CT molecular complexity index is 1320. The molecule has 0 saturated heterocycles. The van der Waals surface area contributed by atoms with Crippen molar-refractivity contribution in [2.75, 3.05) is 11.4 Å². The lowest BCUT2D eigenvalue weighted by Crippen LogP contribution is -2.37. The van der Waals surface area contributed by atoms with Gasteiger partial charge in [0.2, 0.25) is 5.91 Å². The smallest absolute Gasteiger partial charge is 0.240 e. The molecule has 1 fully saturated rings. The van der Waals surface area contributed by atoms with Crippen molar-refractivity contribution in [1.29, 1.82) is 5.26 Å². The van der Waals surface area contributed by atoms with E-state index in [-0.39, 0.29) is 17.6 Å². The summed E-state index contributed by atoms with van der Waals surface area (Å²) in [4.78, 5) is 18.4. The number of nitriles is 1. The van der Waals surface area contributed by atoms with Gasteiger partial charge in [0.15, 0.2) is 11.0 Å². The van der Waals surface area contributed by atoms with Crippen molar-refractivity contribution in [2.24, 2.45) is 0 Å². The maximum Gasteiger partial charge on any atom is 0.240 e. The SMILES string of the molecule is C[C@H](Sc1nnc(-c2c[nH]c3ccccc23)n1C1CC1)C(=O)N(CCC#N)c1ccccc1. The fourth-order valence-corrected chi connectivity index (χ4v) is 5.01. The number of carbonyl (C=O) groups is 1. The minimum atomic E-state index is -0.374. The van der Waals surface area contributed by atoms with E-state index in [4.69, 9.17) is 5.26 Å². The lowest BCUT2D eigenvalue weighted by molar-refractivity contribution is -0.117. The number of nitrogens with one attached hydrogen (secondary N) is 1. The third-order valence-electron chi connectivity index (χ3n) is 5.82. The largest absolute Gasteiger partial charge is 0.360 e. The number of aromatic nitrogens is 4. The normalized spacial score (nSPS) is 14.2. The van der Waals surface area contributed by atoms with Crippen LogP contribution in [-0.2, 0) is 4.79 Å². The predicted molar refractivity (Wildman–Crippen MR) is 130 cm³/mol. The molecule has 0 unspecified atom stereocenters. The van der Waals surface area contributed by atoms with Gasteiger partial charge in [-0.15, -0.1) is 10.2 Å². The minimum absolute atomic E-state index is 0.0413. The van der Waals surface area contributed by atoms with Crippen LogP contribution in [0.25, 0.3) is 22.3 Å². The third-order valence-corrected chi connectivity index (χ3v) is 6.86. The van der Waals surface area contributed by atoms with Crippen LogP contribution in [0, 0.1) is 11.3 Å². The minimum Gasteiger partial charge on any atom is -0.360 e. The number of rotatable bonds is 8. The molecule has 2 aromatic carbocycles. The predicted octanol–water partition coefficient (Wildman–Crippen LogP) is 5.19. The van der Waals surface area contributed by atoms with Crippen molar-refractivity contribution in [2.45, 2.75) is 42.6 Å². The molecule has 2 aromatic heterocycles. The van der Waals surface area contributed by atoms with Crippen LogP contribution >= 0.6 is 11.8 Å². The van der Waals surface area contributed by atoms with E-state index in [0.29, 0.717) is 12.6 Å². The zero-order valence-electron chi connectivity index (χ0n) is 18.3. The molecule has 2 heterocycles. The first-order chi connectivity index (χ1) is 16.2. The van der Waals surface area contributed by atoms with Crippen molar-refractivity contribution < 1.29 is 4.79 Å². The molecular weight excluding hydrogens is 432 g/mol. The molecule has 1 saturated carbocycles. The maximum atomic E-state index is 13.4. The number of aromatic amines is 1. The highest BCUT2D eigenvalue weighted by Crippen LogP contribution is 2.43. The highest BCUT2D eigenvalue weighted by atomic mass is 32.2. The number of hydrogen-bond acceptors (Lipinski definition) is 5. The van der Waals surface area contributed by atoms with Crippen LogP contribution in [0.1, 0.15) is 32.2 Å². The molecule has 5 rings (SSSR count). The monoisotopic (exact) mass is 456 g/mol. The Morgan fingerprint density at radius 3 is 2.73 bits per heavy atom. The van der Waals surface area contributed by atoms with E-state index < -0.39 is 0 Å². The van der Waals surface area contributed by atoms with Gasteiger partial charge in [-0.2, -0.15) is 5.26 Å². The van der Waals surface area contributed by atoms with Crippen LogP contribution in [0.2, 0.25) is 0 Å². The van der Waals surface area contributed by atoms with E-state index in [2.05, 4.69) is 31.9 Å². The second kappa shape index (κ2) is 9.12. The summed E-state index contributed by atoms with van der Waals surface area (Å²) >= 11 is 1.43. The van der Waals surface area contributed by atoms with Gasteiger partial charge in [0, 0.05) is 40.9 Å². The molecule has 0 spiro atoms. The molecule has 8 heteroatoms. The molecule has 1 N–H and O–H groups in total. The summed E-state index contributed by atoms with van der Waals surface area (Å²) in [7, 11) is 0. The molecule has 4 aromatic rings. The van der Waals surface area contributed by atoms with E-state index in [9.17, 15) is 4.79 Å². The van der Waals surface area contributed by atoms with Gasteiger partial charge in [-0.1, -0.05) is 48.2 Å². The number of thioether (sulfide) groups is 1. The first kappa shape index (κ1) is 21.3. The van der Waals surface area contributed by atoms with Crippen molar-refractivity contribution >= 4 is 34.3 Å². The maximum absolute atomic E-state index is 13.4. The number of fused-ring (bicyclic) bond motifs is 1. The fraction of sp³-hybridized carbons (Fsp3) is 0.280. The Labute approximate surface area is 196 Å². The van der Waals surface area contributed by atoms with Gasteiger partial charge in [0.05, 0.1) is 17.7 Å². The lowest BCUT2D eigenvalue weighted by Gasteiger charge is -2.25. The Morgan fingerprint density at radius 2 is 1.97 bits per heavy atom. The molecule has 0 aliphatic heterocycles. The van der Waals surface area contributed by atoms with E-state index in [1.807, 2.05) is 61.7 Å². The summed E-state index contributed by atoms with van der Waals surface area (Å²) in [5, 5.41) is 19.6. The Balaban J connectivity index is 1.43. The van der Waals surface area contributed by atoms with Gasteiger partial charge in [-0.3, -0.25) is 9.36 Å². The topological polar surface area (TPSA) is 90.6 Å². The Hall–Kier alpha value is -3.57. The van der Waals surface area contributed by atoms with Crippen LogP contribution < -0.4 is 4.90 Å². The van der Waals surface area contributed by atoms with Crippen molar-refractivity contribution in [3.63, 3.8) is 0 Å². The summed E-state index contributed by atoms with van der Waals surface area (Å²) < 4.78 is 2.19. The van der Waals surface area contributed by atoms with Crippen LogP contribution in [0.5, 0.6) is 0 Å². The molecule has 1 amide bonds. The van der Waals surface area contributed by atoms with Crippen molar-refractivity contribution in [1.82, 2.24) is 19.7 Å². The van der Waals surface area contributed by atoms with Gasteiger partial charge in [-0.25, -0.2) is 0 Å². The van der Waals surface area contributed by atoms with Gasteiger partial charge in [-0.05, 0) is 38.0 Å². The van der Waals surface area contributed by atoms with Gasteiger partial charge < -0.3 is 9.88 Å². The second-order valence-electron chi connectivity index (χ2n) is 8.15. The Kier molecular flexibility index (Phi) is 5.88. The molecule has 166 valence electrons. The molecule has 0 radical (unpaired) electrons. The number of H-pyrrole nitrogens is 1. The highest BCUT2D eigenvalue weighted by molar-refractivity contribution is 8.00. The molecule has 0 bridgehead atoms. The summed E-state index contributed by atoms with van der Waals surface area (Å²) in [6, 6.07) is 20.2. The van der Waals surface area contributed by atoms with E-state index in [1.54, 1.807) is 4.90 Å². The van der Waals surface area contributed by atoms with Gasteiger partial charge >= 0.3 is 0 Å². The molecule has 33 heavy (non-hydrogen) atoms. The standard InChI is InChI=1S/C25H24N6OS/c1-17(24(32)30(15-7-14-26)18-8-3-2-4-9-18)33-25-29-28-23(31(25)19-12-13-19)21-16-27-22-11-6-5-10-20(21)22/h2-6,8-11,16-17,19,27H,7,12-13,15H2,1H3/t17-/m0/s1. The second-order valence-corrected chi connectivity index (χ2v) is 9.46. The number of carbonyl (C=O) groups excluding carboxylic acids is 1. The number of benzene rings is 2. The van der Waals surface area contributed by atoms with Crippen LogP contribution in [0.4, 0.5) is 5.69 Å². The molecule has 1 aliphatic carbocycles. The average molecular weight is 457 g/mol. The van der Waals surface area contributed by atoms with Gasteiger partial charge in [0.1, 0.15) is 0 Å². The highest BCUT2D eigenvalue weighted by Gasteiger charge is 2.33. The molecular formula is C25H24N6OS. The van der Waals surface area contributed by atoms with Gasteiger partial charge in [0.25, 0.3) is 0 Å². The quantitative estimate of drug-likeness (QED) is 0.369. The Morgan fingerprint density at radius 1 is 1.21 bits per heavy atom. The van der Waals surface area contributed by atoms with E-state index in [1.165, 1.54) is 11.8 Å². The fourth-order valence-electron chi connectivity index (χ4n) is 4.02. The lowest BCUT2D eigenvalue weighted by atomic mass is 10.1. The van der Waals surface area contributed by atoms with Crippen LogP contribution in [0.15, 0.2) is 66.0 Å². The van der Waals surface area contributed by atoms with E-state index >= 15 is 0 Å². The van der Waals surface area contributed by atoms with Crippen molar-refractivity contribution in [3.8, 4) is 17.5 Å². The first-order valence-electron chi connectivity index (χ1n) is 11.1. The molecule has 7 nitrogen and oxygen atoms in total.